The predicted octanol–water partition coefficient (Wildman–Crippen LogP) is -2.86. The van der Waals surface area contributed by atoms with Crippen LogP contribution in [0.25, 0.3) is 0 Å². The molecule has 0 aliphatic carbocycles. The standard InChI is InChI=1S/C5H7NO5S.CH3NOS.3Na.3H/c7-3(8)1-6(5(11)12)2-4(9)10;2-1(3)4;;;;;;/h1-2H2,(H,7,8)(H,9,10)(H,11,12);(H3,2,3,4);;;;;;. The fourth-order valence-corrected chi connectivity index (χ4v) is 0.647. The van der Waals surface area contributed by atoms with Crippen molar-refractivity contribution in [3.8, 4) is 0 Å². The van der Waals surface area contributed by atoms with Crippen LogP contribution >= 0.6 is 24.4 Å². The fourth-order valence-electron chi connectivity index (χ4n) is 0.518. The summed E-state index contributed by atoms with van der Waals surface area (Å²) in [5, 5.41) is 31.4. The second-order valence-corrected chi connectivity index (χ2v) is 3.05. The number of thiocarbonyl (C=S) groups is 2. The molecule has 0 aliphatic rings. The van der Waals surface area contributed by atoms with Crippen molar-refractivity contribution < 1.29 is 30.0 Å². The molecule has 6 N–H and O–H groups in total. The number of hydrogen-bond donors (Lipinski definition) is 5. The molecule has 8 nitrogen and oxygen atoms in total. The van der Waals surface area contributed by atoms with Gasteiger partial charge in [-0.3, -0.25) is 9.59 Å². The number of carboxylic acid groups (broad SMARTS) is 2. The quantitative estimate of drug-likeness (QED) is 0.267. The average Bonchev–Trinajstić information content (AvgIpc) is 1.99. The Hall–Kier alpha value is 1.32. The SMILES string of the molecule is NC(O)=S.O=C(O)CN(CC(=O)O)C(O)=S.[NaH].[NaH].[NaH]. The molecule has 0 aromatic heterocycles. The molecule has 13 heteroatoms. The summed E-state index contributed by atoms with van der Waals surface area (Å²) in [7, 11) is 0. The molecule has 0 radical (unpaired) electrons. The minimum atomic E-state index is -1.26. The first kappa shape index (κ1) is 32.3. The van der Waals surface area contributed by atoms with Crippen molar-refractivity contribution in [3.05, 3.63) is 0 Å². The maximum absolute atomic E-state index is 10.1. The number of nitrogens with zero attached hydrogens (tertiary/aromatic N) is 1. The Morgan fingerprint density at radius 2 is 1.11 bits per heavy atom. The monoisotopic (exact) mass is 342 g/mol. The Kier molecular flexibility index (Phi) is 32.9. The number of carbonyl (C=O) groups is 2. The van der Waals surface area contributed by atoms with E-state index in [9.17, 15) is 9.59 Å². The predicted molar refractivity (Wildman–Crippen MR) is 82.9 cm³/mol. The van der Waals surface area contributed by atoms with Crippen LogP contribution < -0.4 is 5.73 Å². The zero-order chi connectivity index (χ0) is 13.3. The third-order valence-electron chi connectivity index (χ3n) is 0.923. The topological polar surface area (TPSA) is 144 Å². The van der Waals surface area contributed by atoms with Crippen LogP contribution in [0.2, 0.25) is 0 Å². The van der Waals surface area contributed by atoms with Gasteiger partial charge in [0.05, 0.1) is 0 Å². The Bertz CT molecular complexity index is 287. The molecular weight excluding hydrogens is 329 g/mol. The van der Waals surface area contributed by atoms with Crippen LogP contribution in [-0.4, -0.2) is 149 Å². The molecule has 0 aromatic carbocycles. The number of hydrogen-bond acceptors (Lipinski definition) is 4. The zero-order valence-electron chi connectivity index (χ0n) is 7.86. The van der Waals surface area contributed by atoms with Gasteiger partial charge in [0.1, 0.15) is 13.1 Å². The van der Waals surface area contributed by atoms with Gasteiger partial charge < -0.3 is 31.1 Å². The normalized spacial score (nSPS) is 6.95. The Balaban J connectivity index is -0.0000000827. The van der Waals surface area contributed by atoms with Gasteiger partial charge in [-0.2, -0.15) is 0 Å². The van der Waals surface area contributed by atoms with Crippen LogP contribution in [0.5, 0.6) is 0 Å². The van der Waals surface area contributed by atoms with Crippen LogP contribution in [0.15, 0.2) is 0 Å². The number of nitrogens with two attached hydrogens (primary N) is 1. The molecule has 0 saturated carbocycles. The zero-order valence-corrected chi connectivity index (χ0v) is 9.49. The van der Waals surface area contributed by atoms with E-state index in [1.54, 1.807) is 0 Å². The summed E-state index contributed by atoms with van der Waals surface area (Å²) in [5.41, 5.74) is 4.40. The van der Waals surface area contributed by atoms with Gasteiger partial charge in [0.15, 0.2) is 0 Å². The molecule has 19 heavy (non-hydrogen) atoms. The minimum absolute atomic E-state index is 0. The van der Waals surface area contributed by atoms with Gasteiger partial charge in [-0.25, -0.2) is 0 Å². The van der Waals surface area contributed by atoms with Crippen molar-refractivity contribution in [2.24, 2.45) is 5.73 Å². The summed E-state index contributed by atoms with van der Waals surface area (Å²) in [6, 6.07) is 0. The summed E-state index contributed by atoms with van der Waals surface area (Å²) in [5.74, 6) is -2.51. The van der Waals surface area contributed by atoms with E-state index in [0.29, 0.717) is 4.90 Å². The molecule has 0 spiro atoms. The van der Waals surface area contributed by atoms with Crippen molar-refractivity contribution in [1.29, 1.82) is 0 Å². The van der Waals surface area contributed by atoms with Gasteiger partial charge in [-0.15, -0.1) is 0 Å². The van der Waals surface area contributed by atoms with Crippen LogP contribution in [-0.2, 0) is 9.59 Å². The Morgan fingerprint density at radius 1 is 0.895 bits per heavy atom. The van der Waals surface area contributed by atoms with Gasteiger partial charge in [-0.1, -0.05) is 0 Å². The second-order valence-electron chi connectivity index (χ2n) is 2.26. The van der Waals surface area contributed by atoms with Crippen molar-refractivity contribution in [1.82, 2.24) is 4.90 Å². The first-order chi connectivity index (χ1) is 7.16. The van der Waals surface area contributed by atoms with E-state index in [4.69, 9.17) is 20.4 Å². The Morgan fingerprint density at radius 3 is 1.21 bits per heavy atom. The summed E-state index contributed by atoms with van der Waals surface area (Å²) < 4.78 is 0. The number of aliphatic carboxylic acids is 2. The van der Waals surface area contributed by atoms with Crippen molar-refractivity contribution in [3.63, 3.8) is 0 Å². The van der Waals surface area contributed by atoms with E-state index in [1.165, 1.54) is 0 Å². The van der Waals surface area contributed by atoms with Gasteiger partial charge in [0.25, 0.3) is 10.3 Å². The molecular formula is C6H13N2Na3O6S2. The number of aliphatic hydroxyl groups is 2. The molecule has 0 amide bonds. The van der Waals surface area contributed by atoms with Crippen LogP contribution in [0.3, 0.4) is 0 Å². The second kappa shape index (κ2) is 19.3. The third-order valence-corrected chi connectivity index (χ3v) is 1.18. The molecule has 0 rings (SSSR count). The Labute approximate surface area is 186 Å². The van der Waals surface area contributed by atoms with Gasteiger partial charge in [-0.05, 0) is 24.4 Å². The average molecular weight is 342 g/mol. The van der Waals surface area contributed by atoms with Gasteiger partial charge in [0, 0.05) is 0 Å². The molecule has 0 aliphatic heterocycles. The van der Waals surface area contributed by atoms with Crippen LogP contribution in [0.4, 0.5) is 0 Å². The summed E-state index contributed by atoms with van der Waals surface area (Å²) in [6.45, 7) is -1.25. The maximum atomic E-state index is 10.1. The van der Waals surface area contributed by atoms with Gasteiger partial charge in [0.2, 0.25) is 0 Å². The number of carboxylic acids is 2. The molecule has 0 heterocycles. The number of rotatable bonds is 4. The fraction of sp³-hybridized carbons (Fsp3) is 0.333. The molecule has 0 atom stereocenters. The van der Waals surface area contributed by atoms with Gasteiger partial charge >= 0.3 is 101 Å². The van der Waals surface area contributed by atoms with Crippen LogP contribution in [0, 0.1) is 0 Å². The van der Waals surface area contributed by atoms with Crippen LogP contribution in [0.1, 0.15) is 0 Å². The first-order valence-corrected chi connectivity index (χ1v) is 4.38. The van der Waals surface area contributed by atoms with E-state index >= 15 is 0 Å². The first-order valence-electron chi connectivity index (χ1n) is 3.56. The van der Waals surface area contributed by atoms with Crippen molar-refractivity contribution >= 4 is 135 Å². The van der Waals surface area contributed by atoms with E-state index in [0.717, 1.165) is 0 Å². The summed E-state index contributed by atoms with van der Waals surface area (Å²) >= 11 is 8.08. The van der Waals surface area contributed by atoms with Crippen molar-refractivity contribution in [2.45, 2.75) is 0 Å². The van der Waals surface area contributed by atoms with E-state index in [2.05, 4.69) is 30.2 Å². The molecule has 0 bridgehead atoms. The number of aliphatic hydroxyl groups excluding tert-OH is 2. The molecule has 98 valence electrons. The molecule has 0 fully saturated rings. The summed E-state index contributed by atoms with van der Waals surface area (Å²) in [6.07, 6.45) is 0. The molecule has 0 saturated heterocycles. The summed E-state index contributed by atoms with van der Waals surface area (Å²) in [4.78, 5) is 20.8. The van der Waals surface area contributed by atoms with E-state index in [-0.39, 0.29) is 88.7 Å². The third kappa shape index (κ3) is 32.7. The van der Waals surface area contributed by atoms with Crippen molar-refractivity contribution in [2.75, 3.05) is 13.1 Å². The van der Waals surface area contributed by atoms with E-state index < -0.39 is 35.4 Å². The van der Waals surface area contributed by atoms with E-state index in [1.807, 2.05) is 0 Å². The molecule has 0 aromatic rings. The molecule has 0 unspecified atom stereocenters.